The third kappa shape index (κ3) is 5.31. The average molecular weight is 397 g/mol. The van der Waals surface area contributed by atoms with E-state index in [4.69, 9.17) is 16.3 Å². The van der Waals surface area contributed by atoms with E-state index in [1.165, 1.54) is 0 Å². The van der Waals surface area contributed by atoms with Crippen molar-refractivity contribution in [3.63, 3.8) is 0 Å². The number of ether oxygens (including phenoxy) is 1. The van der Waals surface area contributed by atoms with Crippen LogP contribution in [0.3, 0.4) is 0 Å². The maximum absolute atomic E-state index is 12.2. The van der Waals surface area contributed by atoms with Crippen molar-refractivity contribution >= 4 is 45.8 Å². The summed E-state index contributed by atoms with van der Waals surface area (Å²) in [6.45, 7) is -0.785. The highest BCUT2D eigenvalue weighted by Crippen LogP contribution is 2.15. The van der Waals surface area contributed by atoms with Crippen LogP contribution in [0.4, 0.5) is 5.69 Å². The number of carbonyl (C=O) groups is 3. The van der Waals surface area contributed by atoms with E-state index in [0.29, 0.717) is 16.3 Å². The zero-order valence-corrected chi connectivity index (χ0v) is 15.5. The Bertz CT molecular complexity index is 1020. The van der Waals surface area contributed by atoms with Gasteiger partial charge in [0.1, 0.15) is 6.54 Å². The molecule has 0 unspecified atom stereocenters. The molecule has 2 amide bonds. The zero-order chi connectivity index (χ0) is 19.9. The maximum Gasteiger partial charge on any atom is 0.325 e. The van der Waals surface area contributed by atoms with E-state index in [2.05, 4.69) is 10.6 Å². The predicted octanol–water partition coefficient (Wildman–Crippen LogP) is 3.40. The second kappa shape index (κ2) is 9.01. The molecule has 3 rings (SSSR count). The molecule has 0 spiro atoms. The van der Waals surface area contributed by atoms with Gasteiger partial charge < -0.3 is 15.4 Å². The number of hydrogen-bond donors (Lipinski definition) is 2. The summed E-state index contributed by atoms with van der Waals surface area (Å²) in [7, 11) is 0. The topological polar surface area (TPSA) is 84.5 Å². The predicted molar refractivity (Wildman–Crippen MR) is 107 cm³/mol. The van der Waals surface area contributed by atoms with Crippen LogP contribution in [-0.2, 0) is 14.3 Å². The van der Waals surface area contributed by atoms with Crippen molar-refractivity contribution in [3.8, 4) is 0 Å². The van der Waals surface area contributed by atoms with Gasteiger partial charge in [0.25, 0.3) is 11.8 Å². The van der Waals surface area contributed by atoms with Crippen LogP contribution in [0, 0.1) is 0 Å². The molecule has 0 fully saturated rings. The summed E-state index contributed by atoms with van der Waals surface area (Å²) in [6, 6.07) is 19.4. The number of rotatable bonds is 6. The lowest BCUT2D eigenvalue weighted by atomic mass is 10.1. The van der Waals surface area contributed by atoms with Gasteiger partial charge in [-0.15, -0.1) is 0 Å². The molecule has 0 aliphatic heterocycles. The fourth-order valence-electron chi connectivity index (χ4n) is 2.51. The van der Waals surface area contributed by atoms with E-state index in [1.54, 1.807) is 36.4 Å². The monoisotopic (exact) mass is 396 g/mol. The van der Waals surface area contributed by atoms with E-state index in [9.17, 15) is 14.4 Å². The van der Waals surface area contributed by atoms with Gasteiger partial charge in [-0.1, -0.05) is 41.9 Å². The summed E-state index contributed by atoms with van der Waals surface area (Å²) in [5.41, 5.74) is 0.974. The second-order valence-electron chi connectivity index (χ2n) is 5.96. The summed E-state index contributed by atoms with van der Waals surface area (Å²) < 4.78 is 4.86. The van der Waals surface area contributed by atoms with Gasteiger partial charge in [-0.25, -0.2) is 0 Å². The molecule has 0 saturated carbocycles. The lowest BCUT2D eigenvalue weighted by molar-refractivity contribution is -0.146. The number of nitrogens with one attached hydrogen (secondary N) is 2. The van der Waals surface area contributed by atoms with Crippen LogP contribution >= 0.6 is 11.6 Å². The van der Waals surface area contributed by atoms with E-state index in [0.717, 1.165) is 10.8 Å². The number of esters is 1. The molecule has 7 heteroatoms. The number of benzene rings is 3. The quantitative estimate of drug-likeness (QED) is 0.625. The van der Waals surface area contributed by atoms with Crippen LogP contribution in [0.25, 0.3) is 10.8 Å². The van der Waals surface area contributed by atoms with Crippen molar-refractivity contribution in [1.82, 2.24) is 5.32 Å². The van der Waals surface area contributed by atoms with Gasteiger partial charge in [-0.2, -0.15) is 0 Å². The van der Waals surface area contributed by atoms with Crippen molar-refractivity contribution in [3.05, 3.63) is 77.3 Å². The highest BCUT2D eigenvalue weighted by Gasteiger charge is 2.11. The number of fused-ring (bicyclic) bond motifs is 1. The van der Waals surface area contributed by atoms with Gasteiger partial charge in [0.05, 0.1) is 0 Å². The van der Waals surface area contributed by atoms with Crippen LogP contribution in [0.5, 0.6) is 0 Å². The second-order valence-corrected chi connectivity index (χ2v) is 6.40. The van der Waals surface area contributed by atoms with Crippen LogP contribution in [-0.4, -0.2) is 30.9 Å². The Labute approximate surface area is 166 Å². The fraction of sp³-hybridized carbons (Fsp3) is 0.0952. The van der Waals surface area contributed by atoms with Crippen molar-refractivity contribution < 1.29 is 19.1 Å². The van der Waals surface area contributed by atoms with E-state index in [-0.39, 0.29) is 6.54 Å². The molecular formula is C21H17ClN2O4. The first kappa shape index (κ1) is 19.4. The molecule has 0 radical (unpaired) electrons. The SMILES string of the molecule is O=C(COC(=O)CNC(=O)c1ccc2ccccc2c1)Nc1ccc(Cl)cc1. The third-order valence-electron chi connectivity index (χ3n) is 3.90. The number of anilines is 1. The first-order valence-electron chi connectivity index (χ1n) is 8.49. The minimum atomic E-state index is -0.708. The van der Waals surface area contributed by atoms with Gasteiger partial charge >= 0.3 is 5.97 Å². The highest BCUT2D eigenvalue weighted by molar-refractivity contribution is 6.30. The Balaban J connectivity index is 1.44. The number of halogens is 1. The molecule has 0 bridgehead atoms. The molecule has 142 valence electrons. The Morgan fingerprint density at radius 2 is 1.61 bits per heavy atom. The minimum Gasteiger partial charge on any atom is -0.454 e. The van der Waals surface area contributed by atoms with E-state index < -0.39 is 24.4 Å². The lowest BCUT2D eigenvalue weighted by Gasteiger charge is -2.08. The fourth-order valence-corrected chi connectivity index (χ4v) is 2.64. The summed E-state index contributed by atoms with van der Waals surface area (Å²) in [4.78, 5) is 35.7. The highest BCUT2D eigenvalue weighted by atomic mass is 35.5. The number of amides is 2. The lowest BCUT2D eigenvalue weighted by Crippen LogP contribution is -2.32. The Morgan fingerprint density at radius 3 is 2.36 bits per heavy atom. The first-order valence-corrected chi connectivity index (χ1v) is 8.87. The maximum atomic E-state index is 12.2. The van der Waals surface area contributed by atoms with Crippen molar-refractivity contribution in [2.24, 2.45) is 0 Å². The van der Waals surface area contributed by atoms with Crippen LogP contribution in [0.15, 0.2) is 66.7 Å². The normalized spacial score (nSPS) is 10.3. The van der Waals surface area contributed by atoms with Crippen molar-refractivity contribution in [2.75, 3.05) is 18.5 Å². The first-order chi connectivity index (χ1) is 13.5. The summed E-state index contributed by atoms with van der Waals surface area (Å²) in [5.74, 6) is -1.59. The molecule has 3 aromatic carbocycles. The van der Waals surface area contributed by atoms with Crippen LogP contribution in [0.2, 0.25) is 5.02 Å². The summed E-state index contributed by atoms with van der Waals surface area (Å²) in [6.07, 6.45) is 0. The average Bonchev–Trinajstić information content (AvgIpc) is 2.71. The van der Waals surface area contributed by atoms with Gasteiger partial charge in [0.15, 0.2) is 6.61 Å². The molecule has 0 heterocycles. The van der Waals surface area contributed by atoms with E-state index in [1.807, 2.05) is 30.3 Å². The Morgan fingerprint density at radius 1 is 0.893 bits per heavy atom. The number of carbonyl (C=O) groups excluding carboxylic acids is 3. The smallest absolute Gasteiger partial charge is 0.325 e. The van der Waals surface area contributed by atoms with Crippen molar-refractivity contribution in [2.45, 2.75) is 0 Å². The molecule has 28 heavy (non-hydrogen) atoms. The largest absolute Gasteiger partial charge is 0.454 e. The van der Waals surface area contributed by atoms with Gasteiger partial charge in [-0.05, 0) is 47.2 Å². The molecule has 0 aromatic heterocycles. The van der Waals surface area contributed by atoms with Crippen molar-refractivity contribution in [1.29, 1.82) is 0 Å². The van der Waals surface area contributed by atoms with Crippen LogP contribution in [0.1, 0.15) is 10.4 Å². The third-order valence-corrected chi connectivity index (χ3v) is 4.15. The summed E-state index contributed by atoms with van der Waals surface area (Å²) in [5, 5.41) is 7.55. The Hall–Kier alpha value is -3.38. The molecule has 0 aliphatic rings. The van der Waals surface area contributed by atoms with Crippen LogP contribution < -0.4 is 10.6 Å². The Kier molecular flexibility index (Phi) is 6.24. The summed E-state index contributed by atoms with van der Waals surface area (Å²) >= 11 is 5.77. The molecule has 2 N–H and O–H groups in total. The van der Waals surface area contributed by atoms with Gasteiger partial charge in [0.2, 0.25) is 0 Å². The molecule has 6 nitrogen and oxygen atoms in total. The van der Waals surface area contributed by atoms with E-state index >= 15 is 0 Å². The van der Waals surface area contributed by atoms with Gasteiger partial charge in [0, 0.05) is 16.3 Å². The minimum absolute atomic E-state index is 0.333. The standard InChI is InChI=1S/C21H17ClN2O4/c22-17-7-9-18(10-8-17)24-19(25)13-28-20(26)12-23-21(27)16-6-5-14-3-1-2-4-15(14)11-16/h1-11H,12-13H2,(H,23,27)(H,24,25). The molecule has 0 atom stereocenters. The molecule has 3 aromatic rings. The molecule has 0 aliphatic carbocycles. The zero-order valence-electron chi connectivity index (χ0n) is 14.8. The molecular weight excluding hydrogens is 380 g/mol. The molecule has 0 saturated heterocycles. The number of hydrogen-bond acceptors (Lipinski definition) is 4. The van der Waals surface area contributed by atoms with Gasteiger partial charge in [-0.3, -0.25) is 14.4 Å².